The summed E-state index contributed by atoms with van der Waals surface area (Å²) >= 11 is 5.69. The molecule has 1 nitrogen and oxygen atoms in total. The van der Waals surface area contributed by atoms with Crippen LogP contribution in [0.5, 0.6) is 0 Å². The van der Waals surface area contributed by atoms with Gasteiger partial charge in [0, 0.05) is 18.1 Å². The summed E-state index contributed by atoms with van der Waals surface area (Å²) in [6.45, 7) is 0.471. The Bertz CT molecular complexity index is 547. The van der Waals surface area contributed by atoms with Crippen molar-refractivity contribution in [3.05, 3.63) is 65.2 Å². The predicted octanol–water partition coefficient (Wildman–Crippen LogP) is 5.06. The van der Waals surface area contributed by atoms with Gasteiger partial charge in [-0.15, -0.1) is 11.6 Å². The third-order valence-electron chi connectivity index (χ3n) is 2.89. The number of halogens is 4. The maximum atomic E-state index is 12.4. The number of alkyl halides is 4. The van der Waals surface area contributed by atoms with Crippen molar-refractivity contribution in [2.45, 2.75) is 18.6 Å². The number of benzene rings is 2. The molecule has 0 spiro atoms. The molecule has 0 fully saturated rings. The normalized spacial score (nSPS) is 11.4. The van der Waals surface area contributed by atoms with Gasteiger partial charge in [0.2, 0.25) is 0 Å². The summed E-state index contributed by atoms with van der Waals surface area (Å²) in [5, 5.41) is 3.15. The van der Waals surface area contributed by atoms with Crippen molar-refractivity contribution in [1.29, 1.82) is 0 Å². The van der Waals surface area contributed by atoms with Crippen molar-refractivity contribution in [2.24, 2.45) is 0 Å². The van der Waals surface area contributed by atoms with Gasteiger partial charge in [-0.2, -0.15) is 13.2 Å². The summed E-state index contributed by atoms with van der Waals surface area (Å²) < 4.78 is 37.2. The molecule has 2 aromatic rings. The molecule has 0 saturated carbocycles. The average molecular weight is 300 g/mol. The van der Waals surface area contributed by atoms with Gasteiger partial charge in [0.05, 0.1) is 5.56 Å². The zero-order valence-electron chi connectivity index (χ0n) is 10.5. The van der Waals surface area contributed by atoms with Gasteiger partial charge in [-0.3, -0.25) is 0 Å². The number of hydrogen-bond donors (Lipinski definition) is 1. The summed E-state index contributed by atoms with van der Waals surface area (Å²) in [4.78, 5) is 0. The molecule has 2 rings (SSSR count). The van der Waals surface area contributed by atoms with Crippen LogP contribution in [0.4, 0.5) is 18.9 Å². The molecule has 0 aromatic heterocycles. The van der Waals surface area contributed by atoms with Crippen LogP contribution in [0.2, 0.25) is 0 Å². The SMILES string of the molecule is FC(F)(F)c1ccc(CNc2ccc(CCl)cc2)cc1. The highest BCUT2D eigenvalue weighted by Crippen LogP contribution is 2.29. The van der Waals surface area contributed by atoms with Gasteiger partial charge in [0.25, 0.3) is 0 Å². The molecular formula is C15H13ClF3N. The van der Waals surface area contributed by atoms with E-state index in [0.29, 0.717) is 12.4 Å². The molecule has 0 bridgehead atoms. The largest absolute Gasteiger partial charge is 0.416 e. The molecule has 0 unspecified atom stereocenters. The Morgan fingerprint density at radius 2 is 1.40 bits per heavy atom. The van der Waals surface area contributed by atoms with Gasteiger partial charge in [0.1, 0.15) is 0 Å². The molecule has 0 atom stereocenters. The molecule has 0 amide bonds. The molecule has 0 aliphatic heterocycles. The van der Waals surface area contributed by atoms with Crippen LogP contribution in [0.1, 0.15) is 16.7 Å². The highest BCUT2D eigenvalue weighted by Gasteiger charge is 2.29. The monoisotopic (exact) mass is 299 g/mol. The van der Waals surface area contributed by atoms with Crippen LogP contribution in [0.3, 0.4) is 0 Å². The Kier molecular flexibility index (Phi) is 4.55. The van der Waals surface area contributed by atoms with Crippen molar-refractivity contribution in [3.8, 4) is 0 Å². The molecule has 0 aliphatic rings. The quantitative estimate of drug-likeness (QED) is 0.778. The molecule has 1 N–H and O–H groups in total. The van der Waals surface area contributed by atoms with Crippen molar-refractivity contribution >= 4 is 17.3 Å². The fourth-order valence-electron chi connectivity index (χ4n) is 1.73. The second-order valence-corrected chi connectivity index (χ2v) is 4.65. The van der Waals surface area contributed by atoms with E-state index in [1.165, 1.54) is 12.1 Å². The van der Waals surface area contributed by atoms with Crippen LogP contribution >= 0.6 is 11.6 Å². The molecule has 106 valence electrons. The van der Waals surface area contributed by atoms with Crippen LogP contribution in [0.15, 0.2) is 48.5 Å². The maximum absolute atomic E-state index is 12.4. The van der Waals surface area contributed by atoms with Crippen LogP contribution in [-0.2, 0) is 18.6 Å². The van der Waals surface area contributed by atoms with Crippen LogP contribution in [0, 0.1) is 0 Å². The third kappa shape index (κ3) is 3.90. The van der Waals surface area contributed by atoms with Gasteiger partial charge in [-0.1, -0.05) is 24.3 Å². The minimum atomic E-state index is -4.29. The van der Waals surface area contributed by atoms with Crippen molar-refractivity contribution in [1.82, 2.24) is 0 Å². The van der Waals surface area contributed by atoms with E-state index in [4.69, 9.17) is 11.6 Å². The van der Waals surface area contributed by atoms with Gasteiger partial charge in [-0.25, -0.2) is 0 Å². The number of anilines is 1. The van der Waals surface area contributed by atoms with Crippen LogP contribution in [0.25, 0.3) is 0 Å². The Hall–Kier alpha value is -1.68. The topological polar surface area (TPSA) is 12.0 Å². The Labute approximate surface area is 120 Å². The summed E-state index contributed by atoms with van der Waals surface area (Å²) in [7, 11) is 0. The predicted molar refractivity (Wildman–Crippen MR) is 74.8 cm³/mol. The van der Waals surface area contributed by atoms with Gasteiger partial charge in [0.15, 0.2) is 0 Å². The minimum absolute atomic E-state index is 0.458. The lowest BCUT2D eigenvalue weighted by molar-refractivity contribution is -0.137. The average Bonchev–Trinajstić information content (AvgIpc) is 2.45. The first-order chi connectivity index (χ1) is 9.49. The zero-order valence-corrected chi connectivity index (χ0v) is 11.3. The third-order valence-corrected chi connectivity index (χ3v) is 3.19. The second kappa shape index (κ2) is 6.18. The van der Waals surface area contributed by atoms with Crippen molar-refractivity contribution in [3.63, 3.8) is 0 Å². The van der Waals surface area contributed by atoms with Crippen molar-refractivity contribution in [2.75, 3.05) is 5.32 Å². The molecule has 0 heterocycles. The second-order valence-electron chi connectivity index (χ2n) is 4.38. The standard InChI is InChI=1S/C15H13ClF3N/c16-9-11-3-7-14(8-4-11)20-10-12-1-5-13(6-2-12)15(17,18)19/h1-8,20H,9-10H2. The van der Waals surface area contributed by atoms with E-state index in [2.05, 4.69) is 5.32 Å². The molecule has 20 heavy (non-hydrogen) atoms. The molecule has 5 heteroatoms. The van der Waals surface area contributed by atoms with E-state index < -0.39 is 11.7 Å². The lowest BCUT2D eigenvalue weighted by Gasteiger charge is -2.09. The van der Waals surface area contributed by atoms with Crippen molar-refractivity contribution < 1.29 is 13.2 Å². The molecule has 0 radical (unpaired) electrons. The van der Waals surface area contributed by atoms with E-state index in [-0.39, 0.29) is 0 Å². The summed E-state index contributed by atoms with van der Waals surface area (Å²) in [5.41, 5.74) is 2.08. The van der Waals surface area contributed by atoms with E-state index >= 15 is 0 Å². The van der Waals surface area contributed by atoms with Gasteiger partial charge in [-0.05, 0) is 35.4 Å². The lowest BCUT2D eigenvalue weighted by atomic mass is 10.1. The number of nitrogens with one attached hydrogen (secondary N) is 1. The Morgan fingerprint density at radius 3 is 1.90 bits per heavy atom. The minimum Gasteiger partial charge on any atom is -0.381 e. The van der Waals surface area contributed by atoms with Gasteiger partial charge >= 0.3 is 6.18 Å². The first kappa shape index (κ1) is 14.7. The highest BCUT2D eigenvalue weighted by molar-refractivity contribution is 6.17. The number of rotatable bonds is 4. The molecular weight excluding hydrogens is 287 g/mol. The highest BCUT2D eigenvalue weighted by atomic mass is 35.5. The Morgan fingerprint density at radius 1 is 0.850 bits per heavy atom. The molecule has 0 aliphatic carbocycles. The molecule has 2 aromatic carbocycles. The maximum Gasteiger partial charge on any atom is 0.416 e. The Balaban J connectivity index is 1.96. The van der Waals surface area contributed by atoms with E-state index in [0.717, 1.165) is 28.9 Å². The van der Waals surface area contributed by atoms with E-state index in [9.17, 15) is 13.2 Å². The molecule has 0 saturated heterocycles. The van der Waals surface area contributed by atoms with Crippen LogP contribution in [-0.4, -0.2) is 0 Å². The first-order valence-electron chi connectivity index (χ1n) is 6.04. The lowest BCUT2D eigenvalue weighted by Crippen LogP contribution is -2.05. The van der Waals surface area contributed by atoms with E-state index in [1.54, 1.807) is 0 Å². The summed E-state index contributed by atoms with van der Waals surface area (Å²) in [6.07, 6.45) is -4.29. The van der Waals surface area contributed by atoms with E-state index in [1.807, 2.05) is 24.3 Å². The fraction of sp³-hybridized carbons (Fsp3) is 0.200. The first-order valence-corrected chi connectivity index (χ1v) is 6.57. The number of hydrogen-bond acceptors (Lipinski definition) is 1. The van der Waals surface area contributed by atoms with Crippen LogP contribution < -0.4 is 5.32 Å². The summed E-state index contributed by atoms with van der Waals surface area (Å²) in [6, 6.07) is 12.7. The zero-order chi connectivity index (χ0) is 14.6. The smallest absolute Gasteiger partial charge is 0.381 e. The van der Waals surface area contributed by atoms with Gasteiger partial charge < -0.3 is 5.32 Å². The summed E-state index contributed by atoms with van der Waals surface area (Å²) in [5.74, 6) is 0.458. The fourth-order valence-corrected chi connectivity index (χ4v) is 1.91.